The Balaban J connectivity index is 0.00000182. The highest BCUT2D eigenvalue weighted by molar-refractivity contribution is 9.10. The summed E-state index contributed by atoms with van der Waals surface area (Å²) in [6.45, 7) is 1.65. The smallest absolute Gasteiger partial charge is 0.275 e. The molecule has 0 aliphatic carbocycles. The van der Waals surface area contributed by atoms with Crippen LogP contribution >= 0.6 is 15.9 Å². The van der Waals surface area contributed by atoms with Crippen molar-refractivity contribution in [3.63, 3.8) is 0 Å². The Morgan fingerprint density at radius 2 is 1.68 bits per heavy atom. The second-order valence-electron chi connectivity index (χ2n) is 6.64. The van der Waals surface area contributed by atoms with Gasteiger partial charge in [-0.1, -0.05) is 46.3 Å². The Hall–Kier alpha value is -1.17. The minimum atomic E-state index is -1.02. The number of nitrogens with zero attached hydrogens (tertiary/aromatic N) is 2. The Bertz CT molecular complexity index is 761. The summed E-state index contributed by atoms with van der Waals surface area (Å²) in [6, 6.07) is 18.3. The highest BCUT2D eigenvalue weighted by atomic mass is 79.9. The fourth-order valence-corrected chi connectivity index (χ4v) is 4.16. The third-order valence-corrected chi connectivity index (χ3v) is 5.58. The maximum Gasteiger partial charge on any atom is 0.275 e. The number of halogens is 2. The van der Waals surface area contributed by atoms with Crippen LogP contribution in [0, 0.1) is 0 Å². The van der Waals surface area contributed by atoms with Crippen molar-refractivity contribution < 1.29 is 26.7 Å². The molecule has 0 fully saturated rings. The SMILES string of the molecule is OC1(c2ccc(Br)cc2)C[N+]2=C(CCCCC2)N1c1ccccc1.[Br-]. The summed E-state index contributed by atoms with van der Waals surface area (Å²) >= 11 is 3.49. The molecule has 2 heterocycles. The van der Waals surface area contributed by atoms with Crippen LogP contribution in [-0.2, 0) is 5.72 Å². The number of rotatable bonds is 2. The molecule has 1 unspecified atom stereocenters. The molecule has 2 aromatic rings. The van der Waals surface area contributed by atoms with E-state index in [-0.39, 0.29) is 17.0 Å². The second kappa shape index (κ2) is 7.60. The Kier molecular flexibility index (Phi) is 5.66. The van der Waals surface area contributed by atoms with E-state index in [1.165, 1.54) is 25.1 Å². The number of anilines is 1. The quantitative estimate of drug-likeness (QED) is 0.672. The molecule has 2 aliphatic rings. The molecular formula is C20H22Br2N2O. The summed E-state index contributed by atoms with van der Waals surface area (Å²) in [5.41, 5.74) is 0.979. The summed E-state index contributed by atoms with van der Waals surface area (Å²) in [5.74, 6) is 1.25. The van der Waals surface area contributed by atoms with Crippen LogP contribution in [-0.4, -0.2) is 28.6 Å². The van der Waals surface area contributed by atoms with E-state index in [1.807, 2.05) is 42.5 Å². The van der Waals surface area contributed by atoms with E-state index in [2.05, 4.69) is 37.5 Å². The number of benzene rings is 2. The molecule has 1 atom stereocenters. The van der Waals surface area contributed by atoms with Gasteiger partial charge in [0.2, 0.25) is 0 Å². The van der Waals surface area contributed by atoms with Crippen molar-refractivity contribution in [2.75, 3.05) is 18.0 Å². The highest BCUT2D eigenvalue weighted by Crippen LogP contribution is 2.37. The zero-order chi connectivity index (χ0) is 16.6. The molecule has 4 rings (SSSR count). The van der Waals surface area contributed by atoms with Crippen molar-refractivity contribution in [2.45, 2.75) is 31.4 Å². The van der Waals surface area contributed by atoms with Crippen LogP contribution in [0.15, 0.2) is 59.1 Å². The van der Waals surface area contributed by atoms with Crippen molar-refractivity contribution in [2.24, 2.45) is 0 Å². The first-order valence-electron chi connectivity index (χ1n) is 8.63. The monoisotopic (exact) mass is 464 g/mol. The summed E-state index contributed by atoms with van der Waals surface area (Å²) in [7, 11) is 0. The van der Waals surface area contributed by atoms with Gasteiger partial charge >= 0.3 is 0 Å². The third kappa shape index (κ3) is 3.42. The molecule has 0 saturated carbocycles. The highest BCUT2D eigenvalue weighted by Gasteiger charge is 2.53. The standard InChI is InChI=1S/C20H22BrN2O.BrH/c21-17-12-10-16(11-13-17)20(24)15-22-14-6-2-5-9-19(22)23(20)18-7-3-1-4-8-18;/h1,3-4,7-8,10-13,24H,2,5-6,9,14-15H2;1H/q+1;/p-1. The zero-order valence-electron chi connectivity index (χ0n) is 14.0. The van der Waals surface area contributed by atoms with E-state index >= 15 is 0 Å². The number of hydrogen-bond acceptors (Lipinski definition) is 2. The number of amidine groups is 1. The van der Waals surface area contributed by atoms with Crippen molar-refractivity contribution in [1.82, 2.24) is 0 Å². The molecule has 5 heteroatoms. The van der Waals surface area contributed by atoms with Crippen LogP contribution in [0.1, 0.15) is 31.2 Å². The van der Waals surface area contributed by atoms with Gasteiger partial charge in [-0.05, 0) is 43.5 Å². The van der Waals surface area contributed by atoms with Crippen molar-refractivity contribution in [3.8, 4) is 0 Å². The Morgan fingerprint density at radius 1 is 0.960 bits per heavy atom. The van der Waals surface area contributed by atoms with Crippen LogP contribution in [0.4, 0.5) is 5.69 Å². The second-order valence-corrected chi connectivity index (χ2v) is 7.56. The van der Waals surface area contributed by atoms with Gasteiger partial charge in [-0.2, -0.15) is 4.90 Å². The fourth-order valence-electron chi connectivity index (χ4n) is 3.90. The molecule has 0 amide bonds. The first-order chi connectivity index (χ1) is 11.7. The van der Waals surface area contributed by atoms with Gasteiger partial charge in [0.05, 0.1) is 6.54 Å². The van der Waals surface area contributed by atoms with Crippen molar-refractivity contribution >= 4 is 27.5 Å². The molecular weight excluding hydrogens is 444 g/mol. The number of hydrogen-bond donors (Lipinski definition) is 1. The zero-order valence-corrected chi connectivity index (χ0v) is 17.2. The maximum atomic E-state index is 11.7. The van der Waals surface area contributed by atoms with Crippen molar-refractivity contribution in [1.29, 1.82) is 0 Å². The summed E-state index contributed by atoms with van der Waals surface area (Å²) in [5, 5.41) is 11.7. The molecule has 0 aromatic heterocycles. The lowest BCUT2D eigenvalue weighted by atomic mass is 10.00. The van der Waals surface area contributed by atoms with Crippen LogP contribution < -0.4 is 21.9 Å². The Labute approximate surface area is 167 Å². The number of para-hydroxylation sites is 1. The Morgan fingerprint density at radius 3 is 2.40 bits per heavy atom. The molecule has 25 heavy (non-hydrogen) atoms. The molecule has 132 valence electrons. The largest absolute Gasteiger partial charge is 1.00 e. The molecule has 0 saturated heterocycles. The van der Waals surface area contributed by atoms with Gasteiger partial charge in [-0.3, -0.25) is 4.58 Å². The fraction of sp³-hybridized carbons (Fsp3) is 0.350. The van der Waals surface area contributed by atoms with Gasteiger partial charge in [0.1, 0.15) is 5.69 Å². The van der Waals surface area contributed by atoms with Gasteiger partial charge in [0, 0.05) is 16.5 Å². The van der Waals surface area contributed by atoms with Crippen LogP contribution in [0.2, 0.25) is 0 Å². The molecule has 2 aliphatic heterocycles. The van der Waals surface area contributed by atoms with E-state index in [1.54, 1.807) is 0 Å². The van der Waals surface area contributed by atoms with Crippen LogP contribution in [0.25, 0.3) is 0 Å². The minimum Gasteiger partial charge on any atom is -1.00 e. The number of aliphatic hydroxyl groups is 1. The van der Waals surface area contributed by atoms with Gasteiger partial charge in [0.15, 0.2) is 6.54 Å². The maximum absolute atomic E-state index is 11.7. The molecule has 0 radical (unpaired) electrons. The summed E-state index contributed by atoms with van der Waals surface area (Å²) < 4.78 is 3.41. The average molecular weight is 466 g/mol. The van der Waals surface area contributed by atoms with E-state index in [0.717, 1.165) is 28.7 Å². The van der Waals surface area contributed by atoms with Crippen molar-refractivity contribution in [3.05, 3.63) is 64.6 Å². The van der Waals surface area contributed by atoms with E-state index in [4.69, 9.17) is 0 Å². The van der Waals surface area contributed by atoms with Gasteiger partial charge in [-0.15, -0.1) is 0 Å². The minimum absolute atomic E-state index is 0. The van der Waals surface area contributed by atoms with Gasteiger partial charge in [0.25, 0.3) is 11.6 Å². The van der Waals surface area contributed by atoms with E-state index < -0.39 is 5.72 Å². The van der Waals surface area contributed by atoms with E-state index in [0.29, 0.717) is 6.54 Å². The van der Waals surface area contributed by atoms with E-state index in [9.17, 15) is 5.11 Å². The first kappa shape index (κ1) is 18.6. The predicted molar refractivity (Wildman–Crippen MR) is 100 cm³/mol. The predicted octanol–water partition coefficient (Wildman–Crippen LogP) is 1.10. The molecule has 2 aromatic carbocycles. The normalized spacial score (nSPS) is 23.0. The average Bonchev–Trinajstić information content (AvgIpc) is 2.73. The lowest BCUT2D eigenvalue weighted by molar-refractivity contribution is -0.534. The first-order valence-corrected chi connectivity index (χ1v) is 9.42. The van der Waals surface area contributed by atoms with Crippen LogP contribution in [0.3, 0.4) is 0 Å². The lowest BCUT2D eigenvalue weighted by Crippen LogP contribution is -3.00. The molecule has 0 bridgehead atoms. The summed E-state index contributed by atoms with van der Waals surface area (Å²) in [6.07, 6.45) is 4.67. The molecule has 1 N–H and O–H groups in total. The van der Waals surface area contributed by atoms with Gasteiger partial charge < -0.3 is 22.1 Å². The molecule has 0 spiro atoms. The lowest BCUT2D eigenvalue weighted by Gasteiger charge is -2.29. The third-order valence-electron chi connectivity index (χ3n) is 5.05. The van der Waals surface area contributed by atoms with Gasteiger partial charge in [-0.25, -0.2) is 0 Å². The van der Waals surface area contributed by atoms with Crippen LogP contribution in [0.5, 0.6) is 0 Å². The molecule has 3 nitrogen and oxygen atoms in total. The summed E-state index contributed by atoms with van der Waals surface area (Å²) in [4.78, 5) is 2.15. The topological polar surface area (TPSA) is 26.5 Å².